The number of rotatable bonds is 5. The van der Waals surface area contributed by atoms with E-state index in [2.05, 4.69) is 9.71 Å². The van der Waals surface area contributed by atoms with Crippen LogP contribution in [-0.4, -0.2) is 19.9 Å². The zero-order valence-electron chi connectivity index (χ0n) is 9.71. The van der Waals surface area contributed by atoms with Crippen LogP contribution in [0.5, 0.6) is 0 Å². The molecule has 0 aliphatic carbocycles. The third-order valence-electron chi connectivity index (χ3n) is 2.60. The molecule has 1 aromatic carbocycles. The van der Waals surface area contributed by atoms with Crippen molar-refractivity contribution in [3.63, 3.8) is 0 Å². The van der Waals surface area contributed by atoms with Gasteiger partial charge in [-0.15, -0.1) is 0 Å². The van der Waals surface area contributed by atoms with Gasteiger partial charge in [-0.05, 0) is 11.6 Å². The Labute approximate surface area is 106 Å². The molecule has 0 bridgehead atoms. The standard InChI is InChI=1S/C12H15N3O2S/c13-12(10-4-2-1-3-5-10)9-15-18(16,17)11-6-7-14-8-11/h1-8,12,14-15H,9,13H2/t12-/m1/s1. The molecule has 0 aliphatic heterocycles. The molecule has 96 valence electrons. The van der Waals surface area contributed by atoms with Gasteiger partial charge in [-0.25, -0.2) is 13.1 Å². The molecule has 0 saturated carbocycles. The first kappa shape index (κ1) is 12.8. The Kier molecular flexibility index (Phi) is 3.81. The predicted molar refractivity (Wildman–Crippen MR) is 69.4 cm³/mol. The summed E-state index contributed by atoms with van der Waals surface area (Å²) < 4.78 is 26.2. The molecule has 1 atom stereocenters. The van der Waals surface area contributed by atoms with Crippen molar-refractivity contribution in [1.29, 1.82) is 0 Å². The molecule has 18 heavy (non-hydrogen) atoms. The summed E-state index contributed by atoms with van der Waals surface area (Å²) in [6.45, 7) is 0.164. The first-order valence-corrected chi connectivity index (χ1v) is 7.01. The molecule has 0 aliphatic rings. The summed E-state index contributed by atoms with van der Waals surface area (Å²) in [4.78, 5) is 2.92. The van der Waals surface area contributed by atoms with Gasteiger partial charge in [0.25, 0.3) is 0 Å². The van der Waals surface area contributed by atoms with Crippen LogP contribution in [0, 0.1) is 0 Å². The minimum Gasteiger partial charge on any atom is -0.366 e. The van der Waals surface area contributed by atoms with Crippen LogP contribution in [0.1, 0.15) is 11.6 Å². The van der Waals surface area contributed by atoms with Crippen LogP contribution >= 0.6 is 0 Å². The van der Waals surface area contributed by atoms with Crippen molar-refractivity contribution in [2.75, 3.05) is 6.54 Å². The van der Waals surface area contributed by atoms with Crippen LogP contribution in [0.3, 0.4) is 0 Å². The highest BCUT2D eigenvalue weighted by Gasteiger charge is 2.15. The average Bonchev–Trinajstić information content (AvgIpc) is 2.92. The second-order valence-electron chi connectivity index (χ2n) is 3.92. The largest absolute Gasteiger partial charge is 0.366 e. The molecule has 0 spiro atoms. The lowest BCUT2D eigenvalue weighted by Crippen LogP contribution is -2.31. The van der Waals surface area contributed by atoms with Crippen molar-refractivity contribution in [2.45, 2.75) is 10.9 Å². The Hall–Kier alpha value is -1.63. The number of nitrogens with two attached hydrogens (primary N) is 1. The van der Waals surface area contributed by atoms with Gasteiger partial charge >= 0.3 is 0 Å². The lowest BCUT2D eigenvalue weighted by Gasteiger charge is -2.12. The molecule has 0 saturated heterocycles. The Bertz CT molecular complexity index is 579. The maximum absolute atomic E-state index is 11.8. The highest BCUT2D eigenvalue weighted by atomic mass is 32.2. The van der Waals surface area contributed by atoms with E-state index in [1.807, 2.05) is 30.3 Å². The van der Waals surface area contributed by atoms with Crippen LogP contribution in [0.4, 0.5) is 0 Å². The van der Waals surface area contributed by atoms with E-state index in [1.54, 1.807) is 6.20 Å². The van der Waals surface area contributed by atoms with E-state index in [0.717, 1.165) is 5.56 Å². The zero-order valence-corrected chi connectivity index (χ0v) is 10.5. The van der Waals surface area contributed by atoms with Crippen LogP contribution in [0.25, 0.3) is 0 Å². The van der Waals surface area contributed by atoms with Crippen LogP contribution in [-0.2, 0) is 10.0 Å². The minimum absolute atomic E-state index is 0.164. The lowest BCUT2D eigenvalue weighted by atomic mass is 10.1. The van der Waals surface area contributed by atoms with Gasteiger partial charge in [0.15, 0.2) is 0 Å². The second kappa shape index (κ2) is 5.34. The molecule has 2 rings (SSSR count). The van der Waals surface area contributed by atoms with Gasteiger partial charge in [0.05, 0.1) is 4.90 Å². The molecule has 2 aromatic rings. The number of benzene rings is 1. The van der Waals surface area contributed by atoms with Crippen molar-refractivity contribution < 1.29 is 8.42 Å². The molecule has 4 N–H and O–H groups in total. The third-order valence-corrected chi connectivity index (χ3v) is 4.02. The topological polar surface area (TPSA) is 88.0 Å². The molecule has 5 nitrogen and oxygen atoms in total. The summed E-state index contributed by atoms with van der Waals surface area (Å²) in [6, 6.07) is 10.5. The summed E-state index contributed by atoms with van der Waals surface area (Å²) in [6.07, 6.45) is 2.99. The number of aromatic amines is 1. The van der Waals surface area contributed by atoms with E-state index in [-0.39, 0.29) is 17.5 Å². The Balaban J connectivity index is 2.00. The number of hydrogen-bond donors (Lipinski definition) is 3. The Morgan fingerprint density at radius 1 is 1.22 bits per heavy atom. The van der Waals surface area contributed by atoms with Crippen LogP contribution in [0.2, 0.25) is 0 Å². The fourth-order valence-electron chi connectivity index (χ4n) is 1.58. The third kappa shape index (κ3) is 2.98. The van der Waals surface area contributed by atoms with Crippen molar-refractivity contribution in [1.82, 2.24) is 9.71 Å². The fraction of sp³-hybridized carbons (Fsp3) is 0.167. The molecule has 0 amide bonds. The highest BCUT2D eigenvalue weighted by molar-refractivity contribution is 7.89. The van der Waals surface area contributed by atoms with E-state index in [9.17, 15) is 8.42 Å². The van der Waals surface area contributed by atoms with E-state index in [4.69, 9.17) is 5.73 Å². The number of hydrogen-bond acceptors (Lipinski definition) is 3. The summed E-state index contributed by atoms with van der Waals surface area (Å²) in [5.41, 5.74) is 6.82. The van der Waals surface area contributed by atoms with Crippen molar-refractivity contribution in [3.05, 3.63) is 54.4 Å². The number of aromatic nitrogens is 1. The van der Waals surface area contributed by atoms with E-state index >= 15 is 0 Å². The van der Waals surface area contributed by atoms with Crippen LogP contribution in [0.15, 0.2) is 53.7 Å². The highest BCUT2D eigenvalue weighted by Crippen LogP contribution is 2.10. The first-order valence-electron chi connectivity index (χ1n) is 5.52. The number of nitrogens with one attached hydrogen (secondary N) is 2. The molecule has 0 unspecified atom stereocenters. The van der Waals surface area contributed by atoms with Crippen molar-refractivity contribution >= 4 is 10.0 Å². The molecule has 6 heteroatoms. The van der Waals surface area contributed by atoms with Gasteiger partial charge in [-0.2, -0.15) is 0 Å². The monoisotopic (exact) mass is 265 g/mol. The molecular weight excluding hydrogens is 250 g/mol. The maximum Gasteiger partial charge on any atom is 0.242 e. The van der Waals surface area contributed by atoms with Gasteiger partial charge in [-0.1, -0.05) is 30.3 Å². The SMILES string of the molecule is N[C@H](CNS(=O)(=O)c1cc[nH]c1)c1ccccc1. The average molecular weight is 265 g/mol. The summed E-state index contributed by atoms with van der Waals surface area (Å²) in [7, 11) is -3.48. The molecule has 1 aromatic heterocycles. The van der Waals surface area contributed by atoms with E-state index in [1.165, 1.54) is 12.3 Å². The molecule has 0 radical (unpaired) electrons. The maximum atomic E-state index is 11.8. The smallest absolute Gasteiger partial charge is 0.242 e. The Morgan fingerprint density at radius 2 is 1.94 bits per heavy atom. The van der Waals surface area contributed by atoms with E-state index < -0.39 is 10.0 Å². The summed E-state index contributed by atoms with van der Waals surface area (Å²) in [5, 5.41) is 0. The second-order valence-corrected chi connectivity index (χ2v) is 5.68. The number of H-pyrrole nitrogens is 1. The lowest BCUT2D eigenvalue weighted by molar-refractivity contribution is 0.572. The quantitative estimate of drug-likeness (QED) is 0.753. The zero-order chi connectivity index (χ0) is 13.0. The normalized spacial score (nSPS) is 13.4. The first-order chi connectivity index (χ1) is 8.59. The van der Waals surface area contributed by atoms with Crippen molar-refractivity contribution in [3.8, 4) is 0 Å². The van der Waals surface area contributed by atoms with Crippen LogP contribution < -0.4 is 10.5 Å². The van der Waals surface area contributed by atoms with E-state index in [0.29, 0.717) is 0 Å². The fourth-order valence-corrected chi connectivity index (χ4v) is 2.61. The minimum atomic E-state index is -3.48. The summed E-state index contributed by atoms with van der Waals surface area (Å²) >= 11 is 0. The number of sulfonamides is 1. The van der Waals surface area contributed by atoms with Crippen molar-refractivity contribution in [2.24, 2.45) is 5.73 Å². The van der Waals surface area contributed by atoms with Gasteiger partial charge < -0.3 is 10.7 Å². The molecule has 0 fully saturated rings. The van der Waals surface area contributed by atoms with Gasteiger partial charge in [0, 0.05) is 25.0 Å². The van der Waals surface area contributed by atoms with Gasteiger partial charge in [-0.3, -0.25) is 0 Å². The molecule has 1 heterocycles. The predicted octanol–water partition coefficient (Wildman–Crippen LogP) is 0.993. The van der Waals surface area contributed by atoms with Gasteiger partial charge in [0.1, 0.15) is 0 Å². The Morgan fingerprint density at radius 3 is 2.56 bits per heavy atom. The van der Waals surface area contributed by atoms with Gasteiger partial charge in [0.2, 0.25) is 10.0 Å². The molecular formula is C12H15N3O2S. The summed E-state index contributed by atoms with van der Waals surface area (Å²) in [5.74, 6) is 0.